The first kappa shape index (κ1) is 13.1. The van der Waals surface area contributed by atoms with Crippen LogP contribution in [0.5, 0.6) is 0 Å². The minimum atomic E-state index is -0.596. The highest BCUT2D eigenvalue weighted by molar-refractivity contribution is 5.93. The molecule has 5 heteroatoms. The molecule has 0 radical (unpaired) electrons. The largest absolute Gasteiger partial charge is 0.388 e. The van der Waals surface area contributed by atoms with E-state index in [0.717, 1.165) is 0 Å². The van der Waals surface area contributed by atoms with Crippen molar-refractivity contribution in [2.45, 2.75) is 32.0 Å². The van der Waals surface area contributed by atoms with Gasteiger partial charge in [0, 0.05) is 19.3 Å². The molecule has 1 aliphatic rings. The third-order valence-corrected chi connectivity index (χ3v) is 3.39. The maximum atomic E-state index is 12.4. The van der Waals surface area contributed by atoms with E-state index in [2.05, 4.69) is 0 Å². The van der Waals surface area contributed by atoms with Crippen molar-refractivity contribution in [2.24, 2.45) is 0 Å². The summed E-state index contributed by atoms with van der Waals surface area (Å²) < 4.78 is 7.12. The van der Waals surface area contributed by atoms with Gasteiger partial charge in [-0.05, 0) is 26.0 Å². The van der Waals surface area contributed by atoms with Crippen molar-refractivity contribution >= 4 is 5.91 Å². The molecule has 2 rings (SSSR count). The molecular formula is C13H20N2O3. The Balaban J connectivity index is 2.17. The molecule has 0 saturated carbocycles. The summed E-state index contributed by atoms with van der Waals surface area (Å²) in [6.07, 6.45) is 1.30. The molecule has 1 aromatic rings. The lowest BCUT2D eigenvalue weighted by atomic mass is 10.2. The monoisotopic (exact) mass is 252 g/mol. The van der Waals surface area contributed by atoms with E-state index in [1.807, 2.05) is 30.7 Å². The van der Waals surface area contributed by atoms with E-state index in [-0.39, 0.29) is 18.0 Å². The number of amides is 1. The van der Waals surface area contributed by atoms with Gasteiger partial charge in [-0.25, -0.2) is 0 Å². The number of hydrogen-bond donors (Lipinski definition) is 1. The summed E-state index contributed by atoms with van der Waals surface area (Å²) in [4.78, 5) is 14.0. The second kappa shape index (κ2) is 5.12. The number of carbonyl (C=O) groups excluding carboxylic acids is 1. The summed E-state index contributed by atoms with van der Waals surface area (Å²) in [7, 11) is 1.71. The van der Waals surface area contributed by atoms with E-state index < -0.39 is 6.10 Å². The number of nitrogens with zero attached hydrogens (tertiary/aromatic N) is 2. The van der Waals surface area contributed by atoms with Crippen LogP contribution in [0.1, 0.15) is 30.4 Å². The second-order valence-corrected chi connectivity index (χ2v) is 4.98. The van der Waals surface area contributed by atoms with Gasteiger partial charge in [0.1, 0.15) is 5.69 Å². The van der Waals surface area contributed by atoms with Crippen LogP contribution in [0, 0.1) is 0 Å². The van der Waals surface area contributed by atoms with E-state index in [0.29, 0.717) is 18.9 Å². The molecule has 0 aliphatic carbocycles. The Morgan fingerprint density at radius 1 is 1.56 bits per heavy atom. The van der Waals surface area contributed by atoms with Crippen molar-refractivity contribution in [1.82, 2.24) is 9.47 Å². The quantitative estimate of drug-likeness (QED) is 0.869. The zero-order valence-corrected chi connectivity index (χ0v) is 11.0. The molecule has 0 unspecified atom stereocenters. The van der Waals surface area contributed by atoms with Gasteiger partial charge < -0.3 is 19.3 Å². The molecule has 0 aromatic carbocycles. The molecule has 2 atom stereocenters. The number of hydrogen-bond acceptors (Lipinski definition) is 3. The van der Waals surface area contributed by atoms with Crippen LogP contribution >= 0.6 is 0 Å². The molecule has 1 amide bonds. The van der Waals surface area contributed by atoms with Crippen LogP contribution in [-0.4, -0.2) is 52.9 Å². The lowest BCUT2D eigenvalue weighted by Crippen LogP contribution is -2.44. The standard InChI is InChI=1S/C13H20N2O3/c1-9(2)15-6-4-5-10(15)13(17)14(3)11-7-18-8-12(11)16/h4-6,9,11-12,16H,7-8H2,1-3H3/t11-,12-/m1/s1. The van der Waals surface area contributed by atoms with Gasteiger partial charge >= 0.3 is 0 Å². The zero-order chi connectivity index (χ0) is 13.3. The molecule has 1 saturated heterocycles. The minimum Gasteiger partial charge on any atom is -0.388 e. The van der Waals surface area contributed by atoms with Gasteiger partial charge in [0.25, 0.3) is 5.91 Å². The highest BCUT2D eigenvalue weighted by Crippen LogP contribution is 2.17. The van der Waals surface area contributed by atoms with Crippen LogP contribution in [0.15, 0.2) is 18.3 Å². The maximum Gasteiger partial charge on any atom is 0.270 e. The third kappa shape index (κ3) is 2.28. The lowest BCUT2D eigenvalue weighted by Gasteiger charge is -2.26. The Bertz CT molecular complexity index is 428. The first-order chi connectivity index (χ1) is 8.52. The van der Waals surface area contributed by atoms with Gasteiger partial charge in [0.05, 0.1) is 25.4 Å². The predicted molar refractivity (Wildman–Crippen MR) is 67.5 cm³/mol. The number of aliphatic hydroxyl groups is 1. The van der Waals surface area contributed by atoms with Gasteiger partial charge in [-0.15, -0.1) is 0 Å². The van der Waals surface area contributed by atoms with Gasteiger partial charge in [-0.3, -0.25) is 4.79 Å². The molecule has 1 fully saturated rings. The predicted octanol–water partition coefficient (Wildman–Crippen LogP) is 0.901. The van der Waals surface area contributed by atoms with Crippen molar-refractivity contribution in [3.05, 3.63) is 24.0 Å². The number of rotatable bonds is 3. The van der Waals surface area contributed by atoms with E-state index in [1.165, 1.54) is 0 Å². The van der Waals surface area contributed by atoms with E-state index >= 15 is 0 Å². The number of likely N-dealkylation sites (N-methyl/N-ethyl adjacent to an activating group) is 1. The Morgan fingerprint density at radius 2 is 2.28 bits per heavy atom. The van der Waals surface area contributed by atoms with Crippen molar-refractivity contribution < 1.29 is 14.6 Å². The molecular weight excluding hydrogens is 232 g/mol. The molecule has 100 valence electrons. The van der Waals surface area contributed by atoms with Gasteiger partial charge in [0.2, 0.25) is 0 Å². The number of ether oxygens (including phenoxy) is 1. The summed E-state index contributed by atoms with van der Waals surface area (Å²) >= 11 is 0. The smallest absolute Gasteiger partial charge is 0.270 e. The zero-order valence-electron chi connectivity index (χ0n) is 11.0. The topological polar surface area (TPSA) is 54.7 Å². The van der Waals surface area contributed by atoms with E-state index in [9.17, 15) is 9.90 Å². The fraction of sp³-hybridized carbons (Fsp3) is 0.615. The normalized spacial score (nSPS) is 23.6. The first-order valence-electron chi connectivity index (χ1n) is 6.22. The Labute approximate surface area is 107 Å². The molecule has 1 aliphatic heterocycles. The Kier molecular flexibility index (Phi) is 3.73. The lowest BCUT2D eigenvalue weighted by molar-refractivity contribution is 0.0570. The fourth-order valence-corrected chi connectivity index (χ4v) is 2.26. The second-order valence-electron chi connectivity index (χ2n) is 4.98. The van der Waals surface area contributed by atoms with Crippen molar-refractivity contribution in [3.63, 3.8) is 0 Å². The summed E-state index contributed by atoms with van der Waals surface area (Å²) in [5.74, 6) is -0.0803. The van der Waals surface area contributed by atoms with Crippen LogP contribution < -0.4 is 0 Å². The molecule has 1 N–H and O–H groups in total. The SMILES string of the molecule is CC(C)n1cccc1C(=O)N(C)[C@@H]1COC[C@H]1O. The van der Waals surface area contributed by atoms with Gasteiger partial charge in [0.15, 0.2) is 0 Å². The van der Waals surface area contributed by atoms with Crippen LogP contribution in [0.3, 0.4) is 0 Å². The van der Waals surface area contributed by atoms with Gasteiger partial charge in [-0.2, -0.15) is 0 Å². The van der Waals surface area contributed by atoms with Crippen molar-refractivity contribution in [1.29, 1.82) is 0 Å². The number of aliphatic hydroxyl groups excluding tert-OH is 1. The molecule has 18 heavy (non-hydrogen) atoms. The molecule has 1 aromatic heterocycles. The Hall–Kier alpha value is -1.33. The van der Waals surface area contributed by atoms with E-state index in [1.54, 1.807) is 18.0 Å². The summed E-state index contributed by atoms with van der Waals surface area (Å²) in [5.41, 5.74) is 0.645. The number of carbonyl (C=O) groups is 1. The molecule has 0 spiro atoms. The molecule has 0 bridgehead atoms. The first-order valence-corrected chi connectivity index (χ1v) is 6.22. The van der Waals surface area contributed by atoms with Crippen LogP contribution in [0.4, 0.5) is 0 Å². The molecule has 2 heterocycles. The molecule has 5 nitrogen and oxygen atoms in total. The van der Waals surface area contributed by atoms with Crippen LogP contribution in [0.2, 0.25) is 0 Å². The minimum absolute atomic E-state index is 0.0803. The average molecular weight is 252 g/mol. The summed E-state index contributed by atoms with van der Waals surface area (Å²) in [6.45, 7) is 4.76. The van der Waals surface area contributed by atoms with E-state index in [4.69, 9.17) is 4.74 Å². The van der Waals surface area contributed by atoms with Crippen LogP contribution in [0.25, 0.3) is 0 Å². The maximum absolute atomic E-state index is 12.4. The third-order valence-electron chi connectivity index (χ3n) is 3.39. The Morgan fingerprint density at radius 3 is 2.83 bits per heavy atom. The highest BCUT2D eigenvalue weighted by atomic mass is 16.5. The fourth-order valence-electron chi connectivity index (χ4n) is 2.26. The number of aromatic nitrogens is 1. The van der Waals surface area contributed by atoms with Gasteiger partial charge in [-0.1, -0.05) is 0 Å². The summed E-state index contributed by atoms with van der Waals surface area (Å²) in [6, 6.07) is 3.65. The average Bonchev–Trinajstić information content (AvgIpc) is 2.95. The van der Waals surface area contributed by atoms with Crippen molar-refractivity contribution in [2.75, 3.05) is 20.3 Å². The van der Waals surface area contributed by atoms with Crippen molar-refractivity contribution in [3.8, 4) is 0 Å². The summed E-state index contributed by atoms with van der Waals surface area (Å²) in [5, 5.41) is 9.76. The highest BCUT2D eigenvalue weighted by Gasteiger charge is 2.33. The van der Waals surface area contributed by atoms with Crippen LogP contribution in [-0.2, 0) is 4.74 Å².